The molecular formula is C15H13BrCl2FN. The molecule has 0 aliphatic carbocycles. The largest absolute Gasteiger partial charge is 0.313 e. The van der Waals surface area contributed by atoms with Gasteiger partial charge in [-0.25, -0.2) is 4.39 Å². The van der Waals surface area contributed by atoms with Crippen LogP contribution in [0.3, 0.4) is 0 Å². The molecule has 2 rings (SSSR count). The van der Waals surface area contributed by atoms with E-state index in [1.165, 1.54) is 6.07 Å². The van der Waals surface area contributed by atoms with Crippen LogP contribution in [0, 0.1) is 5.82 Å². The predicted molar refractivity (Wildman–Crippen MR) is 86.1 cm³/mol. The summed E-state index contributed by atoms with van der Waals surface area (Å²) in [6.45, 7) is 0. The van der Waals surface area contributed by atoms with E-state index < -0.39 is 0 Å². The van der Waals surface area contributed by atoms with Crippen molar-refractivity contribution in [1.82, 2.24) is 5.32 Å². The Morgan fingerprint density at radius 1 is 1.25 bits per heavy atom. The molecule has 0 saturated heterocycles. The SMILES string of the molecule is CNC(Cc1cccc(Cl)c1Cl)c1cc(Br)ccc1F. The van der Waals surface area contributed by atoms with Gasteiger partial charge in [0, 0.05) is 16.1 Å². The van der Waals surface area contributed by atoms with E-state index in [0.717, 1.165) is 10.0 Å². The summed E-state index contributed by atoms with van der Waals surface area (Å²) in [5.74, 6) is -0.245. The maximum Gasteiger partial charge on any atom is 0.128 e. The molecule has 106 valence electrons. The highest BCUT2D eigenvalue weighted by Crippen LogP contribution is 2.30. The molecule has 0 aliphatic heterocycles. The molecule has 0 radical (unpaired) electrons. The van der Waals surface area contributed by atoms with Crippen LogP contribution in [0.5, 0.6) is 0 Å². The summed E-state index contributed by atoms with van der Waals surface area (Å²) in [5, 5.41) is 4.15. The van der Waals surface area contributed by atoms with Crippen molar-refractivity contribution < 1.29 is 4.39 Å². The monoisotopic (exact) mass is 375 g/mol. The van der Waals surface area contributed by atoms with E-state index in [2.05, 4.69) is 21.2 Å². The summed E-state index contributed by atoms with van der Waals surface area (Å²) in [6.07, 6.45) is 0.559. The molecule has 0 amide bonds. The molecule has 20 heavy (non-hydrogen) atoms. The summed E-state index contributed by atoms with van der Waals surface area (Å²) in [5.41, 5.74) is 1.48. The lowest BCUT2D eigenvalue weighted by Crippen LogP contribution is -2.20. The molecule has 1 atom stereocenters. The van der Waals surface area contributed by atoms with Gasteiger partial charge in [-0.2, -0.15) is 0 Å². The third-order valence-electron chi connectivity index (χ3n) is 3.14. The first-order valence-electron chi connectivity index (χ1n) is 6.08. The van der Waals surface area contributed by atoms with Gasteiger partial charge in [0.05, 0.1) is 10.0 Å². The van der Waals surface area contributed by atoms with Crippen LogP contribution in [0.1, 0.15) is 17.2 Å². The average Bonchev–Trinajstić information content (AvgIpc) is 2.43. The first kappa shape index (κ1) is 15.8. The maximum absolute atomic E-state index is 14.0. The van der Waals surface area contributed by atoms with Gasteiger partial charge in [0.15, 0.2) is 0 Å². The topological polar surface area (TPSA) is 12.0 Å². The third kappa shape index (κ3) is 3.53. The lowest BCUT2D eigenvalue weighted by Gasteiger charge is -2.19. The van der Waals surface area contributed by atoms with Crippen LogP contribution in [-0.2, 0) is 6.42 Å². The lowest BCUT2D eigenvalue weighted by molar-refractivity contribution is 0.533. The molecule has 0 aliphatic rings. The minimum absolute atomic E-state index is 0.177. The molecule has 1 N–H and O–H groups in total. The number of rotatable bonds is 4. The van der Waals surface area contributed by atoms with Gasteiger partial charge in [-0.3, -0.25) is 0 Å². The molecule has 2 aromatic rings. The first-order chi connectivity index (χ1) is 9.52. The predicted octanol–water partition coefficient (Wildman–Crippen LogP) is 5.40. The van der Waals surface area contributed by atoms with Crippen LogP contribution < -0.4 is 5.32 Å². The quantitative estimate of drug-likeness (QED) is 0.753. The second-order valence-electron chi connectivity index (χ2n) is 4.42. The van der Waals surface area contributed by atoms with Gasteiger partial charge in [0.1, 0.15) is 5.82 Å². The Morgan fingerprint density at radius 2 is 2.00 bits per heavy atom. The smallest absolute Gasteiger partial charge is 0.128 e. The van der Waals surface area contributed by atoms with Crippen LogP contribution in [-0.4, -0.2) is 7.05 Å². The van der Waals surface area contributed by atoms with Crippen molar-refractivity contribution in [3.8, 4) is 0 Å². The van der Waals surface area contributed by atoms with E-state index in [9.17, 15) is 4.39 Å². The Kier molecular flexibility index (Phi) is 5.44. The molecule has 0 aromatic heterocycles. The van der Waals surface area contributed by atoms with Crippen molar-refractivity contribution in [3.05, 3.63) is 67.9 Å². The lowest BCUT2D eigenvalue weighted by atomic mass is 9.98. The van der Waals surface area contributed by atoms with E-state index in [1.807, 2.05) is 12.1 Å². The fourth-order valence-corrected chi connectivity index (χ4v) is 2.85. The van der Waals surface area contributed by atoms with Crippen molar-refractivity contribution in [2.45, 2.75) is 12.5 Å². The Balaban J connectivity index is 2.34. The zero-order valence-corrected chi connectivity index (χ0v) is 13.9. The molecular weight excluding hydrogens is 364 g/mol. The van der Waals surface area contributed by atoms with E-state index in [4.69, 9.17) is 23.2 Å². The highest BCUT2D eigenvalue weighted by Gasteiger charge is 2.17. The number of hydrogen-bond donors (Lipinski definition) is 1. The van der Waals surface area contributed by atoms with Crippen molar-refractivity contribution in [2.24, 2.45) is 0 Å². The summed E-state index contributed by atoms with van der Waals surface area (Å²) >= 11 is 15.6. The van der Waals surface area contributed by atoms with Gasteiger partial charge >= 0.3 is 0 Å². The van der Waals surface area contributed by atoms with Crippen molar-refractivity contribution in [1.29, 1.82) is 0 Å². The fraction of sp³-hybridized carbons (Fsp3) is 0.200. The van der Waals surface area contributed by atoms with Crippen LogP contribution >= 0.6 is 39.1 Å². The minimum atomic E-state index is -0.245. The third-order valence-corrected chi connectivity index (χ3v) is 4.49. The second-order valence-corrected chi connectivity index (χ2v) is 6.13. The number of likely N-dealkylation sites (N-methyl/N-ethyl adjacent to an activating group) is 1. The summed E-state index contributed by atoms with van der Waals surface area (Å²) in [7, 11) is 1.80. The molecule has 0 heterocycles. The number of benzene rings is 2. The molecule has 0 bridgehead atoms. The van der Waals surface area contributed by atoms with Gasteiger partial charge in [-0.15, -0.1) is 0 Å². The van der Waals surface area contributed by atoms with Crippen LogP contribution in [0.25, 0.3) is 0 Å². The Labute approximate surface area is 136 Å². The van der Waals surface area contributed by atoms with E-state index in [-0.39, 0.29) is 11.9 Å². The summed E-state index contributed by atoms with van der Waals surface area (Å²) < 4.78 is 14.8. The Hall–Kier alpha value is -0.610. The normalized spacial score (nSPS) is 12.4. The van der Waals surface area contributed by atoms with Gasteiger partial charge in [-0.1, -0.05) is 51.3 Å². The van der Waals surface area contributed by atoms with Gasteiger partial charge in [-0.05, 0) is 43.3 Å². The number of nitrogens with one attached hydrogen (secondary N) is 1. The van der Waals surface area contributed by atoms with Crippen molar-refractivity contribution in [2.75, 3.05) is 7.05 Å². The molecule has 1 nitrogen and oxygen atoms in total. The standard InChI is InChI=1S/C15H13BrCl2FN/c1-20-14(11-8-10(16)5-6-13(11)19)7-9-3-2-4-12(17)15(9)18/h2-6,8,14,20H,7H2,1H3. The first-order valence-corrected chi connectivity index (χ1v) is 7.63. The zero-order valence-electron chi connectivity index (χ0n) is 10.8. The van der Waals surface area contributed by atoms with Crippen LogP contribution in [0.15, 0.2) is 40.9 Å². The Bertz CT molecular complexity index is 619. The number of halogens is 4. The van der Waals surface area contributed by atoms with Gasteiger partial charge in [0.25, 0.3) is 0 Å². The summed E-state index contributed by atoms with van der Waals surface area (Å²) in [4.78, 5) is 0. The van der Waals surface area contributed by atoms with E-state index in [0.29, 0.717) is 22.0 Å². The van der Waals surface area contributed by atoms with Crippen LogP contribution in [0.4, 0.5) is 4.39 Å². The molecule has 0 fully saturated rings. The Morgan fingerprint density at radius 3 is 2.70 bits per heavy atom. The fourth-order valence-electron chi connectivity index (χ4n) is 2.08. The molecule has 5 heteroatoms. The minimum Gasteiger partial charge on any atom is -0.313 e. The van der Waals surface area contributed by atoms with Gasteiger partial charge < -0.3 is 5.32 Å². The van der Waals surface area contributed by atoms with Crippen molar-refractivity contribution in [3.63, 3.8) is 0 Å². The van der Waals surface area contributed by atoms with Crippen LogP contribution in [0.2, 0.25) is 10.0 Å². The average molecular weight is 377 g/mol. The summed E-state index contributed by atoms with van der Waals surface area (Å²) in [6, 6.07) is 10.2. The van der Waals surface area contributed by atoms with E-state index >= 15 is 0 Å². The molecule has 1 unspecified atom stereocenters. The molecule has 2 aromatic carbocycles. The number of hydrogen-bond acceptors (Lipinski definition) is 1. The van der Waals surface area contributed by atoms with Crippen molar-refractivity contribution >= 4 is 39.1 Å². The van der Waals surface area contributed by atoms with E-state index in [1.54, 1.807) is 25.2 Å². The zero-order chi connectivity index (χ0) is 14.7. The molecule has 0 saturated carbocycles. The van der Waals surface area contributed by atoms with Gasteiger partial charge in [0.2, 0.25) is 0 Å². The maximum atomic E-state index is 14.0. The second kappa shape index (κ2) is 6.90. The highest BCUT2D eigenvalue weighted by atomic mass is 79.9. The highest BCUT2D eigenvalue weighted by molar-refractivity contribution is 9.10. The molecule has 0 spiro atoms.